The van der Waals surface area contributed by atoms with Crippen LogP contribution in [0.25, 0.3) is 0 Å². The van der Waals surface area contributed by atoms with Gasteiger partial charge in [0.1, 0.15) is 27.8 Å². The molecule has 0 aromatic carbocycles. The Morgan fingerprint density at radius 3 is 2.73 bits per heavy atom. The summed E-state index contributed by atoms with van der Waals surface area (Å²) in [5.74, 6) is -1.12. The number of amides is 2. The van der Waals surface area contributed by atoms with Gasteiger partial charge in [-0.25, -0.2) is 4.79 Å². The summed E-state index contributed by atoms with van der Waals surface area (Å²) in [5.41, 5.74) is 1.69. The molecule has 0 aliphatic carbocycles. The van der Waals surface area contributed by atoms with Crippen molar-refractivity contribution in [2.45, 2.75) is 29.6 Å². The highest BCUT2D eigenvalue weighted by atomic mass is 32.2. The average Bonchev–Trinajstić information content (AvgIpc) is 3.27. The summed E-state index contributed by atoms with van der Waals surface area (Å²) in [4.78, 5) is 38.5. The second-order valence-corrected chi connectivity index (χ2v) is 10.3. The van der Waals surface area contributed by atoms with E-state index in [-0.39, 0.29) is 5.70 Å². The Morgan fingerprint density at radius 2 is 2.13 bits per heavy atom. The van der Waals surface area contributed by atoms with Crippen LogP contribution < -0.4 is 5.32 Å². The number of aryl methyl sites for hydroxylation is 3. The number of nitrogens with zero attached hydrogens (tertiary/aromatic N) is 5. The minimum absolute atomic E-state index is 0.000589. The highest BCUT2D eigenvalue weighted by molar-refractivity contribution is 8.01. The summed E-state index contributed by atoms with van der Waals surface area (Å²) in [6, 6.07) is 0.865. The number of aromatic nitrogens is 4. The first-order chi connectivity index (χ1) is 14.3. The Balaban J connectivity index is 1.49. The van der Waals surface area contributed by atoms with Crippen LogP contribution in [0.3, 0.4) is 0 Å². The van der Waals surface area contributed by atoms with Crippen LogP contribution in [0.1, 0.15) is 21.2 Å². The van der Waals surface area contributed by atoms with Crippen LogP contribution in [0.4, 0.5) is 0 Å². The van der Waals surface area contributed by atoms with Gasteiger partial charge in [0, 0.05) is 18.6 Å². The number of nitrogens with one attached hydrogen (secondary N) is 1. The molecule has 2 aliphatic heterocycles. The minimum Gasteiger partial charge on any atom is -0.477 e. The summed E-state index contributed by atoms with van der Waals surface area (Å²) in [7, 11) is 1.65. The van der Waals surface area contributed by atoms with Crippen LogP contribution in [-0.2, 0) is 16.6 Å². The molecule has 158 valence electrons. The lowest BCUT2D eigenvalue weighted by Gasteiger charge is -2.49. The normalized spacial score (nSPS) is 20.8. The van der Waals surface area contributed by atoms with E-state index in [9.17, 15) is 19.5 Å². The molecule has 0 radical (unpaired) electrons. The molecule has 10 nitrogen and oxygen atoms in total. The van der Waals surface area contributed by atoms with Crippen LogP contribution in [-0.4, -0.2) is 70.7 Å². The number of hydrogen-bond acceptors (Lipinski definition) is 9. The Labute approximate surface area is 184 Å². The first kappa shape index (κ1) is 20.9. The van der Waals surface area contributed by atoms with Crippen LogP contribution in [0.15, 0.2) is 21.7 Å². The number of thioether (sulfide) groups is 2. The summed E-state index contributed by atoms with van der Waals surface area (Å²) >= 11 is 4.28. The minimum atomic E-state index is -1.15. The zero-order valence-electron chi connectivity index (χ0n) is 16.3. The van der Waals surface area contributed by atoms with Gasteiger partial charge in [-0.1, -0.05) is 23.1 Å². The van der Waals surface area contributed by atoms with Crippen molar-refractivity contribution in [2.24, 2.45) is 7.05 Å². The molecule has 0 saturated carbocycles. The molecule has 0 bridgehead atoms. The van der Waals surface area contributed by atoms with E-state index >= 15 is 0 Å². The summed E-state index contributed by atoms with van der Waals surface area (Å²) in [6.07, 6.45) is 0. The Kier molecular flexibility index (Phi) is 5.59. The van der Waals surface area contributed by atoms with E-state index in [0.29, 0.717) is 28.5 Å². The van der Waals surface area contributed by atoms with Gasteiger partial charge in [0.25, 0.3) is 11.8 Å². The van der Waals surface area contributed by atoms with Crippen molar-refractivity contribution in [3.05, 3.63) is 33.7 Å². The van der Waals surface area contributed by atoms with Gasteiger partial charge in [0.15, 0.2) is 4.34 Å². The third-order valence-electron chi connectivity index (χ3n) is 4.65. The van der Waals surface area contributed by atoms with Crippen molar-refractivity contribution in [2.75, 3.05) is 11.5 Å². The number of rotatable bonds is 6. The highest BCUT2D eigenvalue weighted by Crippen LogP contribution is 2.41. The maximum absolute atomic E-state index is 12.7. The van der Waals surface area contributed by atoms with Crippen molar-refractivity contribution in [1.82, 2.24) is 30.2 Å². The quantitative estimate of drug-likeness (QED) is 0.473. The molecule has 1 fully saturated rings. The molecule has 13 heteroatoms. The smallest absolute Gasteiger partial charge is 0.352 e. The van der Waals surface area contributed by atoms with Gasteiger partial charge in [-0.3, -0.25) is 19.2 Å². The molecule has 30 heavy (non-hydrogen) atoms. The van der Waals surface area contributed by atoms with Gasteiger partial charge < -0.3 is 10.4 Å². The van der Waals surface area contributed by atoms with E-state index < -0.39 is 29.2 Å². The molecule has 1 saturated heterocycles. The molecule has 2 aromatic heterocycles. The van der Waals surface area contributed by atoms with Crippen molar-refractivity contribution in [1.29, 1.82) is 0 Å². The molecular formula is C17H18N6O4S3. The van der Waals surface area contributed by atoms with Crippen LogP contribution >= 0.6 is 34.9 Å². The van der Waals surface area contributed by atoms with Crippen LogP contribution in [0.2, 0.25) is 0 Å². The lowest BCUT2D eigenvalue weighted by molar-refractivity contribution is -0.148. The van der Waals surface area contributed by atoms with Gasteiger partial charge in [0.2, 0.25) is 0 Å². The Bertz CT molecular complexity index is 1080. The van der Waals surface area contributed by atoms with Gasteiger partial charge in [0.05, 0.1) is 5.69 Å². The number of β-lactam (4-membered cyclic amide) rings is 1. The van der Waals surface area contributed by atoms with Crippen molar-refractivity contribution < 1.29 is 19.5 Å². The average molecular weight is 467 g/mol. The van der Waals surface area contributed by atoms with Crippen LogP contribution in [0.5, 0.6) is 0 Å². The molecule has 2 unspecified atom stereocenters. The van der Waals surface area contributed by atoms with Crippen molar-refractivity contribution >= 4 is 52.6 Å². The molecule has 0 spiro atoms. The molecule has 4 rings (SSSR count). The van der Waals surface area contributed by atoms with Gasteiger partial charge >= 0.3 is 5.97 Å². The van der Waals surface area contributed by atoms with E-state index in [1.807, 2.05) is 6.92 Å². The summed E-state index contributed by atoms with van der Waals surface area (Å²) in [5, 5.41) is 25.0. The number of carboxylic acids is 1. The van der Waals surface area contributed by atoms with Crippen molar-refractivity contribution in [3.63, 3.8) is 0 Å². The van der Waals surface area contributed by atoms with Gasteiger partial charge in [-0.15, -0.1) is 22.0 Å². The largest absolute Gasteiger partial charge is 0.477 e. The molecule has 2 N–H and O–H groups in total. The number of aliphatic carboxylic acids is 1. The Morgan fingerprint density at radius 1 is 1.37 bits per heavy atom. The number of fused-ring (bicyclic) bond motifs is 1. The number of carbonyl (C=O) groups excluding carboxylic acids is 2. The number of carboxylic acid groups (broad SMARTS) is 1. The lowest BCUT2D eigenvalue weighted by Crippen LogP contribution is -2.70. The lowest BCUT2D eigenvalue weighted by atomic mass is 10.0. The number of carbonyl (C=O) groups is 3. The third kappa shape index (κ3) is 3.72. The standard InChI is InChI=1S/C17H18N6O4S3/c1-7-4-10(22(3)21-7)13(24)18-11-14(25)23-12(16(26)27)9(5-28-15(11)23)6-29-17-20-19-8(2)30-17/h4,11,15H,5-6H2,1-3H3,(H,18,24)(H,26,27). The predicted octanol–water partition coefficient (Wildman–Crippen LogP) is 1.03. The fraction of sp³-hybridized carbons (Fsp3) is 0.412. The topological polar surface area (TPSA) is 130 Å². The molecular weight excluding hydrogens is 448 g/mol. The molecule has 4 heterocycles. The molecule has 2 atom stereocenters. The second-order valence-electron chi connectivity index (χ2n) is 6.79. The first-order valence-corrected chi connectivity index (χ1v) is 11.8. The van der Waals surface area contributed by atoms with E-state index in [4.69, 9.17) is 0 Å². The second kappa shape index (κ2) is 8.04. The van der Waals surface area contributed by atoms with E-state index in [1.165, 1.54) is 44.4 Å². The Hall–Kier alpha value is -2.38. The predicted molar refractivity (Wildman–Crippen MR) is 112 cm³/mol. The SMILES string of the molecule is Cc1cc(C(=O)NC2C(=O)N3C(C(=O)O)=C(CSc4nnc(C)s4)CSC23)n(C)n1. The maximum Gasteiger partial charge on any atom is 0.352 e. The van der Waals surface area contributed by atoms with E-state index in [2.05, 4.69) is 20.6 Å². The third-order valence-corrected chi connectivity index (χ3v) is 8.05. The molecule has 2 aromatic rings. The van der Waals surface area contributed by atoms with Crippen LogP contribution in [0, 0.1) is 13.8 Å². The summed E-state index contributed by atoms with van der Waals surface area (Å²) in [6.45, 7) is 3.63. The van der Waals surface area contributed by atoms with Gasteiger partial charge in [-0.05, 0) is 25.5 Å². The van der Waals surface area contributed by atoms with Crippen molar-refractivity contribution in [3.8, 4) is 0 Å². The fourth-order valence-corrected chi connectivity index (χ4v) is 6.62. The van der Waals surface area contributed by atoms with Gasteiger partial charge in [-0.2, -0.15) is 5.10 Å². The monoisotopic (exact) mass is 466 g/mol. The van der Waals surface area contributed by atoms with E-state index in [0.717, 1.165) is 9.35 Å². The first-order valence-electron chi connectivity index (χ1n) is 8.90. The van der Waals surface area contributed by atoms with E-state index in [1.54, 1.807) is 20.0 Å². The zero-order chi connectivity index (χ0) is 21.6. The zero-order valence-corrected chi connectivity index (χ0v) is 18.7. The summed E-state index contributed by atoms with van der Waals surface area (Å²) < 4.78 is 2.20. The molecule has 2 aliphatic rings. The maximum atomic E-state index is 12.7. The number of hydrogen-bond donors (Lipinski definition) is 2. The highest BCUT2D eigenvalue weighted by Gasteiger charge is 2.54. The fourth-order valence-electron chi connectivity index (χ4n) is 3.32. The molecule has 2 amide bonds.